The van der Waals surface area contributed by atoms with Crippen molar-refractivity contribution in [3.8, 4) is 11.8 Å². The Morgan fingerprint density at radius 2 is 2.04 bits per heavy atom. The number of ether oxygens (including phenoxy) is 2. The van der Waals surface area contributed by atoms with Gasteiger partial charge in [-0.25, -0.2) is 14.1 Å². The molecule has 13 nitrogen and oxygen atoms in total. The fourth-order valence-electron chi connectivity index (χ4n) is 5.07. The van der Waals surface area contributed by atoms with Gasteiger partial charge in [-0.15, -0.1) is 0 Å². The number of nitriles is 1. The molecule has 244 valence electrons. The number of carbonyl (C=O) groups is 1. The summed E-state index contributed by atoms with van der Waals surface area (Å²) in [5, 5.41) is 28.1. The lowest BCUT2D eigenvalue weighted by molar-refractivity contribution is -0.146. The molecule has 1 aromatic carbocycles. The third-order valence-electron chi connectivity index (χ3n) is 8.01. The molecule has 0 bridgehead atoms. The number of hydrogen-bond acceptors (Lipinski definition) is 11. The molecule has 2 aromatic heterocycles. The monoisotopic (exact) mass is 642 g/mol. The van der Waals surface area contributed by atoms with Gasteiger partial charge in [-0.2, -0.15) is 15.4 Å². The average molecular weight is 643 g/mol. The van der Waals surface area contributed by atoms with Gasteiger partial charge < -0.3 is 24.8 Å². The molecule has 1 aliphatic rings. The number of aliphatic hydroxyl groups is 1. The number of nitrogens with one attached hydrogen (secondary N) is 1. The Kier molecular flexibility index (Phi) is 10.6. The molecule has 3 aromatic rings. The number of nitrogen functional groups attached to an aromatic ring is 1. The summed E-state index contributed by atoms with van der Waals surface area (Å²) < 4.78 is 39.0. The van der Waals surface area contributed by atoms with Crippen LogP contribution < -0.4 is 15.3 Å². The Bertz CT molecular complexity index is 1580. The number of rotatable bonds is 13. The number of aliphatic hydroxyl groups excluding tert-OH is 1. The third kappa shape index (κ3) is 7.83. The van der Waals surface area contributed by atoms with Crippen molar-refractivity contribution in [2.75, 3.05) is 18.9 Å². The van der Waals surface area contributed by atoms with Gasteiger partial charge in [0.2, 0.25) is 0 Å². The number of fused-ring (bicyclic) bond motifs is 1. The minimum absolute atomic E-state index is 0.113. The van der Waals surface area contributed by atoms with Crippen molar-refractivity contribution in [3.05, 3.63) is 54.0 Å². The number of nitrogens with zero attached hydrogens (tertiary/aromatic N) is 4. The van der Waals surface area contributed by atoms with E-state index in [1.54, 1.807) is 30.3 Å². The van der Waals surface area contributed by atoms with Gasteiger partial charge in [-0.1, -0.05) is 59.6 Å². The van der Waals surface area contributed by atoms with Crippen LogP contribution in [0.2, 0.25) is 0 Å². The maximum Gasteiger partial charge on any atom is 0.459 e. The first-order valence-corrected chi connectivity index (χ1v) is 16.6. The van der Waals surface area contributed by atoms with E-state index in [0.29, 0.717) is 11.2 Å². The second kappa shape index (κ2) is 13.8. The van der Waals surface area contributed by atoms with Crippen molar-refractivity contribution < 1.29 is 33.0 Å². The lowest BCUT2D eigenvalue weighted by Gasteiger charge is -2.26. The Labute approximate surface area is 263 Å². The zero-order chi connectivity index (χ0) is 33.0. The molecule has 0 saturated carbocycles. The highest BCUT2D eigenvalue weighted by Crippen LogP contribution is 2.47. The molecule has 2 unspecified atom stereocenters. The van der Waals surface area contributed by atoms with E-state index in [9.17, 15) is 19.7 Å². The van der Waals surface area contributed by atoms with Gasteiger partial charge >= 0.3 is 13.7 Å². The molecule has 45 heavy (non-hydrogen) atoms. The summed E-state index contributed by atoms with van der Waals surface area (Å²) in [7, 11) is -4.29. The second-order valence-corrected chi connectivity index (χ2v) is 14.0. The quantitative estimate of drug-likeness (QED) is 0.174. The highest BCUT2D eigenvalue weighted by Gasteiger charge is 2.50. The largest absolute Gasteiger partial charge is 0.464 e. The molecule has 4 rings (SSSR count). The smallest absolute Gasteiger partial charge is 0.459 e. The maximum absolute atomic E-state index is 14.2. The van der Waals surface area contributed by atoms with Crippen LogP contribution in [0.25, 0.3) is 5.52 Å². The van der Waals surface area contributed by atoms with Gasteiger partial charge in [-0.05, 0) is 48.1 Å². The van der Waals surface area contributed by atoms with Crippen molar-refractivity contribution in [2.24, 2.45) is 5.92 Å². The molecule has 3 heterocycles. The van der Waals surface area contributed by atoms with E-state index in [-0.39, 0.29) is 35.9 Å². The molecule has 0 spiro atoms. The summed E-state index contributed by atoms with van der Waals surface area (Å²) in [5.41, 5.74) is 5.89. The fraction of sp³-hybridized carbons (Fsp3) is 0.548. The topological polar surface area (TPSA) is 183 Å². The summed E-state index contributed by atoms with van der Waals surface area (Å²) in [6.07, 6.45) is 0.605. The Hall–Kier alpha value is -3.53. The van der Waals surface area contributed by atoms with E-state index < -0.39 is 44.2 Å². The first kappa shape index (κ1) is 34.3. The fourth-order valence-corrected chi connectivity index (χ4v) is 6.56. The molecular weight excluding hydrogens is 599 g/mol. The van der Waals surface area contributed by atoms with Gasteiger partial charge in [0.25, 0.3) is 0 Å². The standard InChI is InChI=1S/C31H43N6O7P/c1-7-21(8-2)16-41-29(39)20(3)36-45(40,44-23-11-9-10-22(14-23)30(4,5)6)42-17-26-25(38)15-31(18-32,43-26)27-13-12-24-28(33)34-19-35-37(24)27/h9-14,19-21,25-26,38H,7-8,15-17H2,1-6H3,(H,36,40)(H2,33,34,35)/t20-,25-,26+,31?,45?/m0/s1. The second-order valence-electron chi connectivity index (χ2n) is 12.4. The zero-order valence-corrected chi connectivity index (χ0v) is 27.5. The molecule has 0 amide bonds. The number of carbonyl (C=O) groups excluding carboxylic acids is 1. The Morgan fingerprint density at radius 3 is 2.71 bits per heavy atom. The van der Waals surface area contributed by atoms with Crippen LogP contribution in [-0.4, -0.2) is 57.1 Å². The van der Waals surface area contributed by atoms with E-state index in [2.05, 4.69) is 21.2 Å². The minimum atomic E-state index is -4.29. The highest BCUT2D eigenvalue weighted by atomic mass is 31.2. The summed E-state index contributed by atoms with van der Waals surface area (Å²) in [6, 6.07) is 11.5. The van der Waals surface area contributed by atoms with Gasteiger partial charge in [-0.3, -0.25) is 9.32 Å². The third-order valence-corrected chi connectivity index (χ3v) is 9.65. The number of nitrogens with two attached hydrogens (primary N) is 1. The summed E-state index contributed by atoms with van der Waals surface area (Å²) in [4.78, 5) is 16.8. The van der Waals surface area contributed by atoms with Gasteiger partial charge in [0.1, 0.15) is 35.8 Å². The maximum atomic E-state index is 14.2. The van der Waals surface area contributed by atoms with Crippen LogP contribution in [0, 0.1) is 17.2 Å². The number of esters is 1. The number of hydrogen-bond donors (Lipinski definition) is 3. The van der Waals surface area contributed by atoms with Crippen LogP contribution >= 0.6 is 7.75 Å². The van der Waals surface area contributed by atoms with Crippen LogP contribution in [0.15, 0.2) is 42.7 Å². The predicted octanol–water partition coefficient (Wildman–Crippen LogP) is 4.64. The first-order valence-electron chi connectivity index (χ1n) is 15.1. The summed E-state index contributed by atoms with van der Waals surface area (Å²) >= 11 is 0. The molecule has 0 radical (unpaired) electrons. The molecule has 1 saturated heterocycles. The Balaban J connectivity index is 1.55. The van der Waals surface area contributed by atoms with Crippen LogP contribution in [0.1, 0.15) is 72.1 Å². The zero-order valence-electron chi connectivity index (χ0n) is 26.6. The van der Waals surface area contributed by atoms with Crippen molar-refractivity contribution >= 4 is 25.1 Å². The number of anilines is 1. The van der Waals surface area contributed by atoms with Crippen molar-refractivity contribution in [1.29, 1.82) is 5.26 Å². The SMILES string of the molecule is CCC(CC)COC(=O)[C@H](C)NP(=O)(OC[C@H]1OC(C#N)(c2ccc3c(N)ncnn23)C[C@@H]1O)Oc1cccc(C(C)(C)C)c1. The van der Waals surface area contributed by atoms with Gasteiger partial charge in [0.05, 0.1) is 25.0 Å². The van der Waals surface area contributed by atoms with Crippen molar-refractivity contribution in [2.45, 2.75) is 90.1 Å². The predicted molar refractivity (Wildman–Crippen MR) is 167 cm³/mol. The molecule has 0 aliphatic carbocycles. The summed E-state index contributed by atoms with van der Waals surface area (Å²) in [5.74, 6) is 0.0736. The molecule has 4 N–H and O–H groups in total. The van der Waals surface area contributed by atoms with Gasteiger partial charge in [0, 0.05) is 6.42 Å². The van der Waals surface area contributed by atoms with Crippen LogP contribution in [-0.2, 0) is 34.4 Å². The Morgan fingerprint density at radius 1 is 1.31 bits per heavy atom. The van der Waals surface area contributed by atoms with E-state index in [1.165, 1.54) is 17.8 Å². The highest BCUT2D eigenvalue weighted by molar-refractivity contribution is 7.52. The van der Waals surface area contributed by atoms with Crippen LogP contribution in [0.3, 0.4) is 0 Å². The molecule has 1 aliphatic heterocycles. The lowest BCUT2D eigenvalue weighted by atomic mass is 9.87. The summed E-state index contributed by atoms with van der Waals surface area (Å²) in [6.45, 7) is 11.5. The molecule has 1 fully saturated rings. The van der Waals surface area contributed by atoms with E-state index >= 15 is 0 Å². The van der Waals surface area contributed by atoms with E-state index in [4.69, 9.17) is 24.3 Å². The van der Waals surface area contributed by atoms with E-state index in [1.807, 2.05) is 40.7 Å². The van der Waals surface area contributed by atoms with Crippen LogP contribution in [0.5, 0.6) is 5.75 Å². The minimum Gasteiger partial charge on any atom is -0.464 e. The molecule has 5 atom stereocenters. The molecule has 14 heteroatoms. The van der Waals surface area contributed by atoms with E-state index in [0.717, 1.165) is 18.4 Å². The number of benzene rings is 1. The average Bonchev–Trinajstić information content (AvgIpc) is 3.58. The molecular formula is C31H43N6O7P. The normalized spacial score (nSPS) is 22.2. The van der Waals surface area contributed by atoms with Crippen LogP contribution in [0.4, 0.5) is 5.82 Å². The first-order chi connectivity index (χ1) is 21.2. The van der Waals surface area contributed by atoms with Crippen molar-refractivity contribution in [3.63, 3.8) is 0 Å². The van der Waals surface area contributed by atoms with Crippen molar-refractivity contribution in [1.82, 2.24) is 19.7 Å². The lowest BCUT2D eigenvalue weighted by Crippen LogP contribution is -2.37. The number of aromatic nitrogens is 3. The van der Waals surface area contributed by atoms with Gasteiger partial charge in [0.15, 0.2) is 11.4 Å².